The highest BCUT2D eigenvalue weighted by Gasteiger charge is 2.13. The van der Waals surface area contributed by atoms with Gasteiger partial charge in [0.05, 0.1) is 5.56 Å². The van der Waals surface area contributed by atoms with E-state index in [9.17, 15) is 9.90 Å². The van der Waals surface area contributed by atoms with E-state index in [0.717, 1.165) is 5.69 Å². The lowest BCUT2D eigenvalue weighted by Crippen LogP contribution is -2.14. The predicted octanol–water partition coefficient (Wildman–Crippen LogP) is 2.40. The molecular formula is C12H10ClN3O2. The Bertz CT molecular complexity index is 602. The second-order valence-electron chi connectivity index (χ2n) is 3.64. The third kappa shape index (κ3) is 2.75. The van der Waals surface area contributed by atoms with Crippen molar-refractivity contribution in [2.45, 2.75) is 6.92 Å². The number of rotatable bonds is 2. The van der Waals surface area contributed by atoms with Crippen LogP contribution in [-0.4, -0.2) is 21.0 Å². The summed E-state index contributed by atoms with van der Waals surface area (Å²) in [4.78, 5) is 19.8. The van der Waals surface area contributed by atoms with Crippen molar-refractivity contribution < 1.29 is 9.90 Å². The molecule has 0 aliphatic rings. The minimum Gasteiger partial charge on any atom is -0.507 e. The van der Waals surface area contributed by atoms with E-state index >= 15 is 0 Å². The highest BCUT2D eigenvalue weighted by molar-refractivity contribution is 6.31. The molecule has 0 fully saturated rings. The fourth-order valence-corrected chi connectivity index (χ4v) is 1.54. The molecule has 1 aromatic heterocycles. The van der Waals surface area contributed by atoms with Gasteiger partial charge in [-0.15, -0.1) is 0 Å². The summed E-state index contributed by atoms with van der Waals surface area (Å²) < 4.78 is 0. The Kier molecular flexibility index (Phi) is 3.43. The number of aromatic hydroxyl groups is 1. The van der Waals surface area contributed by atoms with Gasteiger partial charge in [0.25, 0.3) is 5.91 Å². The Hall–Kier alpha value is -2.14. The summed E-state index contributed by atoms with van der Waals surface area (Å²) in [5.41, 5.74) is 0.809. The first-order valence-electron chi connectivity index (χ1n) is 5.16. The summed E-state index contributed by atoms with van der Waals surface area (Å²) in [6, 6.07) is 5.94. The van der Waals surface area contributed by atoms with Crippen LogP contribution >= 0.6 is 11.6 Å². The van der Waals surface area contributed by atoms with Gasteiger partial charge in [-0.2, -0.15) is 0 Å². The number of nitrogens with one attached hydrogen (secondary N) is 1. The van der Waals surface area contributed by atoms with Gasteiger partial charge in [0.15, 0.2) is 0 Å². The van der Waals surface area contributed by atoms with E-state index in [-0.39, 0.29) is 17.3 Å². The molecule has 0 bridgehead atoms. The smallest absolute Gasteiger partial charge is 0.261 e. The van der Waals surface area contributed by atoms with Gasteiger partial charge in [-0.1, -0.05) is 11.6 Å². The van der Waals surface area contributed by atoms with Crippen LogP contribution in [0, 0.1) is 6.92 Å². The fraction of sp³-hybridized carbons (Fsp3) is 0.0833. The third-order valence-electron chi connectivity index (χ3n) is 2.22. The molecule has 2 rings (SSSR count). The maximum atomic E-state index is 11.9. The van der Waals surface area contributed by atoms with Gasteiger partial charge in [-0.05, 0) is 31.2 Å². The van der Waals surface area contributed by atoms with E-state index in [0.29, 0.717) is 5.02 Å². The lowest BCUT2D eigenvalue weighted by Gasteiger charge is -2.06. The van der Waals surface area contributed by atoms with Gasteiger partial charge in [0.1, 0.15) is 5.75 Å². The SMILES string of the molecule is Cc1ccnc(NC(=O)c2cc(Cl)ccc2O)n1. The maximum absolute atomic E-state index is 11.9. The van der Waals surface area contributed by atoms with Gasteiger partial charge in [0, 0.05) is 16.9 Å². The predicted molar refractivity (Wildman–Crippen MR) is 67.8 cm³/mol. The molecule has 0 unspecified atom stereocenters. The Morgan fingerprint density at radius 1 is 1.39 bits per heavy atom. The number of aryl methyl sites for hydroxylation is 1. The van der Waals surface area contributed by atoms with Gasteiger partial charge in [0.2, 0.25) is 5.95 Å². The largest absolute Gasteiger partial charge is 0.507 e. The summed E-state index contributed by atoms with van der Waals surface area (Å²) in [5, 5.41) is 12.4. The quantitative estimate of drug-likeness (QED) is 0.872. The molecule has 0 radical (unpaired) electrons. The van der Waals surface area contributed by atoms with E-state index < -0.39 is 5.91 Å². The van der Waals surface area contributed by atoms with Crippen molar-refractivity contribution in [3.05, 3.63) is 46.7 Å². The first-order valence-corrected chi connectivity index (χ1v) is 5.53. The van der Waals surface area contributed by atoms with Crippen LogP contribution in [-0.2, 0) is 0 Å². The Morgan fingerprint density at radius 2 is 2.17 bits per heavy atom. The van der Waals surface area contributed by atoms with Gasteiger partial charge in [-0.3, -0.25) is 10.1 Å². The molecule has 18 heavy (non-hydrogen) atoms. The van der Waals surface area contributed by atoms with E-state index in [4.69, 9.17) is 11.6 Å². The van der Waals surface area contributed by atoms with Crippen molar-refractivity contribution >= 4 is 23.5 Å². The van der Waals surface area contributed by atoms with Crippen molar-refractivity contribution in [1.29, 1.82) is 0 Å². The standard InChI is InChI=1S/C12H10ClN3O2/c1-7-4-5-14-12(15-7)16-11(18)9-6-8(13)2-3-10(9)17/h2-6,17H,1H3,(H,14,15,16,18). The van der Waals surface area contributed by atoms with Crippen LogP contribution in [0.5, 0.6) is 5.75 Å². The van der Waals surface area contributed by atoms with Gasteiger partial charge >= 0.3 is 0 Å². The van der Waals surface area contributed by atoms with Crippen LogP contribution in [0.1, 0.15) is 16.1 Å². The first kappa shape index (κ1) is 12.3. The molecule has 0 atom stereocenters. The van der Waals surface area contributed by atoms with Gasteiger partial charge in [-0.25, -0.2) is 9.97 Å². The van der Waals surface area contributed by atoms with Crippen molar-refractivity contribution in [3.63, 3.8) is 0 Å². The van der Waals surface area contributed by atoms with Crippen molar-refractivity contribution in [1.82, 2.24) is 9.97 Å². The molecule has 6 heteroatoms. The number of hydrogen-bond donors (Lipinski definition) is 2. The summed E-state index contributed by atoms with van der Waals surface area (Å²) in [5.74, 6) is -0.482. The minimum atomic E-state index is -0.513. The number of amides is 1. The van der Waals surface area contributed by atoms with E-state index in [1.165, 1.54) is 24.4 Å². The molecule has 0 spiro atoms. The molecule has 2 aromatic rings. The number of aromatic nitrogens is 2. The van der Waals surface area contributed by atoms with Crippen LogP contribution in [0.4, 0.5) is 5.95 Å². The average molecular weight is 264 g/mol. The number of phenolic OH excluding ortho intramolecular Hbond substituents is 1. The zero-order valence-electron chi connectivity index (χ0n) is 9.51. The molecule has 92 valence electrons. The molecule has 0 saturated heterocycles. The summed E-state index contributed by atoms with van der Waals surface area (Å²) >= 11 is 5.77. The summed E-state index contributed by atoms with van der Waals surface area (Å²) in [7, 11) is 0. The highest BCUT2D eigenvalue weighted by Crippen LogP contribution is 2.22. The molecule has 1 aromatic carbocycles. The lowest BCUT2D eigenvalue weighted by molar-refractivity contribution is 0.102. The normalized spacial score (nSPS) is 10.1. The molecule has 0 aliphatic carbocycles. The molecular weight excluding hydrogens is 254 g/mol. The lowest BCUT2D eigenvalue weighted by atomic mass is 10.2. The Labute approximate surface area is 108 Å². The summed E-state index contributed by atoms with van der Waals surface area (Å²) in [6.07, 6.45) is 1.54. The zero-order valence-corrected chi connectivity index (χ0v) is 10.3. The number of carbonyl (C=O) groups is 1. The van der Waals surface area contributed by atoms with Crippen molar-refractivity contribution in [2.75, 3.05) is 5.32 Å². The molecule has 0 aliphatic heterocycles. The van der Waals surface area contributed by atoms with Crippen LogP contribution in [0.3, 0.4) is 0 Å². The molecule has 0 saturated carbocycles. The first-order chi connectivity index (χ1) is 8.56. The Morgan fingerprint density at radius 3 is 2.89 bits per heavy atom. The second kappa shape index (κ2) is 5.01. The number of benzene rings is 1. The van der Waals surface area contributed by atoms with Crippen LogP contribution in [0.25, 0.3) is 0 Å². The minimum absolute atomic E-state index is 0.0765. The number of halogens is 1. The van der Waals surface area contributed by atoms with Crippen LogP contribution in [0.2, 0.25) is 5.02 Å². The fourth-order valence-electron chi connectivity index (χ4n) is 1.37. The average Bonchev–Trinajstić information content (AvgIpc) is 2.32. The van der Waals surface area contributed by atoms with E-state index in [1.807, 2.05) is 0 Å². The monoisotopic (exact) mass is 263 g/mol. The number of hydrogen-bond acceptors (Lipinski definition) is 4. The van der Waals surface area contributed by atoms with Crippen LogP contribution in [0.15, 0.2) is 30.5 Å². The molecule has 5 nitrogen and oxygen atoms in total. The van der Waals surface area contributed by atoms with Gasteiger partial charge < -0.3 is 5.11 Å². The Balaban J connectivity index is 2.24. The highest BCUT2D eigenvalue weighted by atomic mass is 35.5. The number of phenols is 1. The molecule has 1 heterocycles. The second-order valence-corrected chi connectivity index (χ2v) is 4.07. The number of carbonyl (C=O) groups excluding carboxylic acids is 1. The maximum Gasteiger partial charge on any atom is 0.261 e. The van der Waals surface area contributed by atoms with E-state index in [1.54, 1.807) is 13.0 Å². The number of anilines is 1. The van der Waals surface area contributed by atoms with Crippen LogP contribution < -0.4 is 5.32 Å². The van der Waals surface area contributed by atoms with Crippen molar-refractivity contribution in [2.24, 2.45) is 0 Å². The summed E-state index contributed by atoms with van der Waals surface area (Å²) in [6.45, 7) is 1.79. The third-order valence-corrected chi connectivity index (χ3v) is 2.46. The topological polar surface area (TPSA) is 75.1 Å². The molecule has 2 N–H and O–H groups in total. The van der Waals surface area contributed by atoms with Crippen molar-refractivity contribution in [3.8, 4) is 5.75 Å². The molecule has 1 amide bonds. The van der Waals surface area contributed by atoms with E-state index in [2.05, 4.69) is 15.3 Å². The zero-order chi connectivity index (χ0) is 13.1. The number of nitrogens with zero attached hydrogens (tertiary/aromatic N) is 2.